The van der Waals surface area contributed by atoms with E-state index in [1.54, 1.807) is 23.1 Å². The maximum absolute atomic E-state index is 14.0. The lowest BCUT2D eigenvalue weighted by molar-refractivity contribution is -0.139. The van der Waals surface area contributed by atoms with Crippen LogP contribution in [0.5, 0.6) is 5.75 Å². The van der Waals surface area contributed by atoms with Gasteiger partial charge < -0.3 is 14.5 Å². The second kappa shape index (κ2) is 6.44. The summed E-state index contributed by atoms with van der Waals surface area (Å²) in [6.45, 7) is 2.27. The molecule has 2 atom stereocenters. The predicted octanol–water partition coefficient (Wildman–Crippen LogP) is 2.53. The second-order valence-corrected chi connectivity index (χ2v) is 6.71. The van der Waals surface area contributed by atoms with E-state index in [-0.39, 0.29) is 30.2 Å². The average molecular weight is 354 g/mol. The Bertz CT molecular complexity index is 852. The predicted molar refractivity (Wildman–Crippen MR) is 94.5 cm³/mol. The number of aryl methyl sites for hydroxylation is 1. The molecule has 2 aromatic rings. The molecule has 4 rings (SSSR count). The van der Waals surface area contributed by atoms with Crippen LogP contribution in [0.3, 0.4) is 0 Å². The first-order valence-corrected chi connectivity index (χ1v) is 8.61. The molecule has 2 heterocycles. The van der Waals surface area contributed by atoms with Crippen molar-refractivity contribution in [2.24, 2.45) is 0 Å². The van der Waals surface area contributed by atoms with Crippen molar-refractivity contribution in [3.63, 3.8) is 0 Å². The van der Waals surface area contributed by atoms with Crippen LogP contribution in [0, 0.1) is 12.7 Å². The van der Waals surface area contributed by atoms with Gasteiger partial charge in [-0.05, 0) is 37.6 Å². The molecule has 0 radical (unpaired) electrons. The topological polar surface area (TPSA) is 49.9 Å². The number of amides is 2. The van der Waals surface area contributed by atoms with Crippen LogP contribution in [-0.2, 0) is 9.59 Å². The Morgan fingerprint density at radius 2 is 1.92 bits per heavy atom. The van der Waals surface area contributed by atoms with E-state index in [2.05, 4.69) is 0 Å². The summed E-state index contributed by atoms with van der Waals surface area (Å²) < 4.78 is 19.6. The molecule has 2 amide bonds. The highest BCUT2D eigenvalue weighted by Crippen LogP contribution is 2.36. The zero-order valence-corrected chi connectivity index (χ0v) is 14.4. The Morgan fingerprint density at radius 1 is 1.19 bits per heavy atom. The van der Waals surface area contributed by atoms with E-state index in [9.17, 15) is 14.0 Å². The van der Waals surface area contributed by atoms with Gasteiger partial charge in [0.05, 0.1) is 11.7 Å². The van der Waals surface area contributed by atoms with Crippen molar-refractivity contribution in [1.82, 2.24) is 4.90 Å². The highest BCUT2D eigenvalue weighted by Gasteiger charge is 2.52. The Hall–Kier alpha value is -2.89. The lowest BCUT2D eigenvalue weighted by atomic mass is 10.2. The maximum atomic E-state index is 14.0. The van der Waals surface area contributed by atoms with Crippen LogP contribution >= 0.6 is 0 Å². The number of piperazine rings is 1. The summed E-state index contributed by atoms with van der Waals surface area (Å²) in [5.41, 5.74) is 1.40. The first kappa shape index (κ1) is 16.6. The summed E-state index contributed by atoms with van der Waals surface area (Å²) in [6, 6.07) is 13.0. The van der Waals surface area contributed by atoms with Crippen LogP contribution in [0.25, 0.3) is 0 Å². The third-order valence-electron chi connectivity index (χ3n) is 4.98. The van der Waals surface area contributed by atoms with Crippen molar-refractivity contribution in [3.8, 4) is 5.75 Å². The summed E-state index contributed by atoms with van der Waals surface area (Å²) in [6.07, 6.45) is 0.531. The van der Waals surface area contributed by atoms with Gasteiger partial charge in [0, 0.05) is 6.54 Å². The fourth-order valence-electron chi connectivity index (χ4n) is 3.68. The van der Waals surface area contributed by atoms with Gasteiger partial charge in [-0.25, -0.2) is 4.39 Å². The first-order valence-electron chi connectivity index (χ1n) is 8.61. The van der Waals surface area contributed by atoms with E-state index in [1.807, 2.05) is 31.2 Å². The fraction of sp³-hybridized carbons (Fsp3) is 0.300. The zero-order valence-electron chi connectivity index (χ0n) is 14.4. The van der Waals surface area contributed by atoms with Gasteiger partial charge in [0.15, 0.2) is 6.61 Å². The lowest BCUT2D eigenvalue weighted by Crippen LogP contribution is -2.53. The molecule has 0 aliphatic carbocycles. The van der Waals surface area contributed by atoms with E-state index >= 15 is 0 Å². The number of hydrogen-bond acceptors (Lipinski definition) is 3. The van der Waals surface area contributed by atoms with Crippen molar-refractivity contribution in [1.29, 1.82) is 0 Å². The van der Waals surface area contributed by atoms with E-state index in [0.29, 0.717) is 18.7 Å². The highest BCUT2D eigenvalue weighted by atomic mass is 19.1. The van der Waals surface area contributed by atoms with Gasteiger partial charge >= 0.3 is 0 Å². The van der Waals surface area contributed by atoms with Gasteiger partial charge in [-0.15, -0.1) is 0 Å². The quantitative estimate of drug-likeness (QED) is 0.848. The molecular formula is C20H19FN2O3. The zero-order chi connectivity index (χ0) is 18.3. The number of likely N-dealkylation sites (tertiary alicyclic amines) is 1. The van der Waals surface area contributed by atoms with Crippen LogP contribution in [0.4, 0.5) is 10.1 Å². The monoisotopic (exact) mass is 354 g/mol. The normalized spacial score (nSPS) is 21.4. The summed E-state index contributed by atoms with van der Waals surface area (Å²) in [5.74, 6) is -0.253. The number of carbonyl (C=O) groups is 2. The average Bonchev–Trinajstić information content (AvgIpc) is 3.20. The molecule has 26 heavy (non-hydrogen) atoms. The lowest BCUT2D eigenvalue weighted by Gasteiger charge is -2.33. The Labute approximate surface area is 151 Å². The third kappa shape index (κ3) is 2.81. The number of para-hydroxylation sites is 1. The number of nitrogens with zero attached hydrogens (tertiary/aromatic N) is 2. The number of anilines is 1. The first-order chi connectivity index (χ1) is 12.5. The van der Waals surface area contributed by atoms with E-state index in [4.69, 9.17) is 4.74 Å². The minimum atomic E-state index is -0.534. The molecule has 0 saturated carbocycles. The summed E-state index contributed by atoms with van der Waals surface area (Å²) >= 11 is 0. The molecule has 2 aliphatic rings. The molecule has 2 saturated heterocycles. The van der Waals surface area contributed by atoms with Crippen molar-refractivity contribution < 1.29 is 18.7 Å². The van der Waals surface area contributed by atoms with Crippen molar-refractivity contribution >= 4 is 17.5 Å². The van der Waals surface area contributed by atoms with Gasteiger partial charge in [-0.2, -0.15) is 0 Å². The van der Waals surface area contributed by atoms with Gasteiger partial charge in [0.25, 0.3) is 5.91 Å². The minimum Gasteiger partial charge on any atom is -0.484 e. The Kier molecular flexibility index (Phi) is 4.11. The van der Waals surface area contributed by atoms with Crippen LogP contribution in [0.1, 0.15) is 12.0 Å². The van der Waals surface area contributed by atoms with Gasteiger partial charge in [0.1, 0.15) is 17.6 Å². The number of rotatable bonds is 4. The molecule has 2 bridgehead atoms. The maximum Gasteiger partial charge on any atom is 0.261 e. The van der Waals surface area contributed by atoms with Crippen molar-refractivity contribution in [2.45, 2.75) is 25.4 Å². The van der Waals surface area contributed by atoms with Crippen LogP contribution in [-0.4, -0.2) is 41.9 Å². The molecule has 0 aromatic heterocycles. The molecule has 6 heteroatoms. The van der Waals surface area contributed by atoms with Gasteiger partial charge in [-0.1, -0.05) is 29.8 Å². The van der Waals surface area contributed by atoms with Crippen LogP contribution in [0.2, 0.25) is 0 Å². The summed E-state index contributed by atoms with van der Waals surface area (Å²) in [7, 11) is 0. The van der Waals surface area contributed by atoms with E-state index in [1.165, 1.54) is 11.0 Å². The number of benzene rings is 2. The fourth-order valence-corrected chi connectivity index (χ4v) is 3.68. The standard InChI is InChI=1S/C20H19FN2O3/c1-13-6-8-15(9-7-13)26-12-19(24)22-11-14-10-18(22)20(25)23(14)17-5-3-2-4-16(17)21/h2-9,14,18H,10-12H2,1H3/t14-,18-/m0/s1. The van der Waals surface area contributed by atoms with E-state index in [0.717, 1.165) is 5.56 Å². The number of carbonyl (C=O) groups excluding carboxylic acids is 2. The minimum absolute atomic E-state index is 0.112. The molecule has 5 nitrogen and oxygen atoms in total. The number of hydrogen-bond donors (Lipinski definition) is 0. The molecule has 134 valence electrons. The van der Waals surface area contributed by atoms with Gasteiger partial charge in [-0.3, -0.25) is 9.59 Å². The second-order valence-electron chi connectivity index (χ2n) is 6.71. The van der Waals surface area contributed by atoms with Crippen LogP contribution in [0.15, 0.2) is 48.5 Å². The molecule has 2 aromatic carbocycles. The van der Waals surface area contributed by atoms with E-state index < -0.39 is 11.9 Å². The molecule has 0 N–H and O–H groups in total. The Morgan fingerprint density at radius 3 is 2.62 bits per heavy atom. The number of ether oxygens (including phenoxy) is 1. The molecule has 0 spiro atoms. The molecule has 2 aliphatic heterocycles. The van der Waals surface area contributed by atoms with Gasteiger partial charge in [0.2, 0.25) is 5.91 Å². The number of fused-ring (bicyclic) bond motifs is 2. The molecular weight excluding hydrogens is 335 g/mol. The third-order valence-corrected chi connectivity index (χ3v) is 4.98. The largest absolute Gasteiger partial charge is 0.484 e. The Balaban J connectivity index is 1.42. The summed E-state index contributed by atoms with van der Waals surface area (Å²) in [4.78, 5) is 28.2. The highest BCUT2D eigenvalue weighted by molar-refractivity contribution is 6.03. The SMILES string of the molecule is Cc1ccc(OCC(=O)N2C[C@@H]3C[C@H]2C(=O)N3c2ccccc2F)cc1. The summed E-state index contributed by atoms with van der Waals surface area (Å²) in [5, 5.41) is 0. The van der Waals surface area contributed by atoms with Crippen LogP contribution < -0.4 is 9.64 Å². The smallest absolute Gasteiger partial charge is 0.261 e. The van der Waals surface area contributed by atoms with Crippen molar-refractivity contribution in [3.05, 3.63) is 59.9 Å². The molecule has 2 fully saturated rings. The van der Waals surface area contributed by atoms with Crippen molar-refractivity contribution in [2.75, 3.05) is 18.1 Å². The molecule has 0 unspecified atom stereocenters. The number of halogens is 1.